The first-order chi connectivity index (χ1) is 6.93. The van der Waals surface area contributed by atoms with E-state index in [9.17, 15) is 9.59 Å². The number of carboxylic acids is 2. The Bertz CT molecular complexity index is 403. The molecular formula is C9H6Cl2O4. The first-order valence-electron chi connectivity index (χ1n) is 3.84. The Labute approximate surface area is 95.0 Å². The zero-order chi connectivity index (χ0) is 11.6. The van der Waals surface area contributed by atoms with Gasteiger partial charge >= 0.3 is 11.9 Å². The summed E-state index contributed by atoms with van der Waals surface area (Å²) in [5.74, 6) is -4.60. The summed E-state index contributed by atoms with van der Waals surface area (Å²) in [6.45, 7) is 0. The van der Waals surface area contributed by atoms with E-state index in [1.165, 1.54) is 18.2 Å². The molecule has 0 saturated heterocycles. The Morgan fingerprint density at radius 1 is 1.13 bits per heavy atom. The number of carboxylic acid groups (broad SMARTS) is 2. The van der Waals surface area contributed by atoms with Crippen LogP contribution in [0, 0.1) is 0 Å². The van der Waals surface area contributed by atoms with Crippen LogP contribution >= 0.6 is 23.2 Å². The molecule has 0 spiro atoms. The van der Waals surface area contributed by atoms with Gasteiger partial charge in [0.15, 0.2) is 5.92 Å². The normalized spacial score (nSPS) is 10.3. The van der Waals surface area contributed by atoms with Crippen LogP contribution in [0.4, 0.5) is 0 Å². The van der Waals surface area contributed by atoms with Crippen LogP contribution in [-0.4, -0.2) is 22.2 Å². The molecule has 0 aliphatic rings. The van der Waals surface area contributed by atoms with Gasteiger partial charge in [0.25, 0.3) is 0 Å². The molecule has 1 rings (SSSR count). The molecule has 15 heavy (non-hydrogen) atoms. The SMILES string of the molecule is O=C(O)C(C(=O)O)c1ccc(Cl)cc1Cl. The zero-order valence-electron chi connectivity index (χ0n) is 7.28. The van der Waals surface area contributed by atoms with Gasteiger partial charge in [-0.1, -0.05) is 29.3 Å². The number of rotatable bonds is 3. The summed E-state index contributed by atoms with van der Waals surface area (Å²) in [4.78, 5) is 21.4. The topological polar surface area (TPSA) is 74.6 Å². The second kappa shape index (κ2) is 4.51. The molecule has 0 unspecified atom stereocenters. The predicted molar refractivity (Wildman–Crippen MR) is 54.5 cm³/mol. The van der Waals surface area contributed by atoms with E-state index >= 15 is 0 Å². The zero-order valence-corrected chi connectivity index (χ0v) is 8.79. The Hall–Kier alpha value is -1.26. The summed E-state index contributed by atoms with van der Waals surface area (Å²) in [7, 11) is 0. The van der Waals surface area contributed by atoms with Crippen molar-refractivity contribution in [2.24, 2.45) is 0 Å². The van der Waals surface area contributed by atoms with Gasteiger partial charge < -0.3 is 10.2 Å². The lowest BCUT2D eigenvalue weighted by molar-refractivity contribution is -0.150. The molecule has 1 aromatic carbocycles. The van der Waals surface area contributed by atoms with Gasteiger partial charge in [0.2, 0.25) is 0 Å². The lowest BCUT2D eigenvalue weighted by Crippen LogP contribution is -2.21. The molecular weight excluding hydrogens is 243 g/mol. The van der Waals surface area contributed by atoms with Crippen molar-refractivity contribution >= 4 is 35.1 Å². The molecule has 0 amide bonds. The lowest BCUT2D eigenvalue weighted by Gasteiger charge is -2.09. The van der Waals surface area contributed by atoms with Crippen molar-refractivity contribution in [2.45, 2.75) is 5.92 Å². The highest BCUT2D eigenvalue weighted by molar-refractivity contribution is 6.35. The minimum Gasteiger partial charge on any atom is -0.480 e. The fraction of sp³-hybridized carbons (Fsp3) is 0.111. The third-order valence-electron chi connectivity index (χ3n) is 1.77. The van der Waals surface area contributed by atoms with Crippen molar-refractivity contribution in [3.63, 3.8) is 0 Å². The number of aliphatic carboxylic acids is 2. The minimum atomic E-state index is -1.67. The molecule has 0 fully saturated rings. The summed E-state index contributed by atoms with van der Waals surface area (Å²) in [6, 6.07) is 3.98. The largest absolute Gasteiger partial charge is 0.480 e. The van der Waals surface area contributed by atoms with Crippen molar-refractivity contribution in [3.8, 4) is 0 Å². The number of carbonyl (C=O) groups is 2. The van der Waals surface area contributed by atoms with Crippen LogP contribution < -0.4 is 0 Å². The molecule has 0 aliphatic heterocycles. The molecule has 0 heterocycles. The highest BCUT2D eigenvalue weighted by Gasteiger charge is 2.29. The molecule has 0 saturated carbocycles. The molecule has 0 aliphatic carbocycles. The molecule has 4 nitrogen and oxygen atoms in total. The van der Waals surface area contributed by atoms with Gasteiger partial charge in [0.05, 0.1) is 0 Å². The minimum absolute atomic E-state index is 0.0149. The van der Waals surface area contributed by atoms with Crippen LogP contribution in [0.15, 0.2) is 18.2 Å². The van der Waals surface area contributed by atoms with Gasteiger partial charge in [0, 0.05) is 10.0 Å². The van der Waals surface area contributed by atoms with Gasteiger partial charge in [-0.25, -0.2) is 0 Å². The van der Waals surface area contributed by atoms with E-state index in [1.807, 2.05) is 0 Å². The first-order valence-corrected chi connectivity index (χ1v) is 4.59. The van der Waals surface area contributed by atoms with E-state index in [2.05, 4.69) is 0 Å². The number of hydrogen-bond acceptors (Lipinski definition) is 2. The molecule has 0 bridgehead atoms. The van der Waals surface area contributed by atoms with Gasteiger partial charge in [-0.3, -0.25) is 9.59 Å². The molecule has 6 heteroatoms. The third-order valence-corrected chi connectivity index (χ3v) is 2.33. The van der Waals surface area contributed by atoms with Gasteiger partial charge in [-0.15, -0.1) is 0 Å². The number of benzene rings is 1. The third kappa shape index (κ3) is 2.61. The smallest absolute Gasteiger partial charge is 0.322 e. The highest BCUT2D eigenvalue weighted by Crippen LogP contribution is 2.28. The van der Waals surface area contributed by atoms with E-state index in [1.54, 1.807) is 0 Å². The van der Waals surface area contributed by atoms with Crippen molar-refractivity contribution in [1.29, 1.82) is 0 Å². The predicted octanol–water partition coefficient (Wildman–Crippen LogP) is 2.25. The van der Waals surface area contributed by atoms with E-state index in [-0.39, 0.29) is 10.6 Å². The average Bonchev–Trinajstić information content (AvgIpc) is 2.08. The molecule has 0 radical (unpaired) electrons. The Morgan fingerprint density at radius 2 is 1.67 bits per heavy atom. The van der Waals surface area contributed by atoms with Crippen molar-refractivity contribution in [1.82, 2.24) is 0 Å². The van der Waals surface area contributed by atoms with Crippen LogP contribution in [0.1, 0.15) is 11.5 Å². The van der Waals surface area contributed by atoms with Crippen molar-refractivity contribution in [2.75, 3.05) is 0 Å². The van der Waals surface area contributed by atoms with E-state index in [0.717, 1.165) is 0 Å². The monoisotopic (exact) mass is 248 g/mol. The van der Waals surface area contributed by atoms with Gasteiger partial charge in [-0.2, -0.15) is 0 Å². The fourth-order valence-electron chi connectivity index (χ4n) is 1.11. The Balaban J connectivity index is 3.23. The lowest BCUT2D eigenvalue weighted by atomic mass is 9.99. The van der Waals surface area contributed by atoms with Gasteiger partial charge in [0.1, 0.15) is 0 Å². The maximum Gasteiger partial charge on any atom is 0.322 e. The molecule has 0 atom stereocenters. The molecule has 0 aromatic heterocycles. The molecule has 1 aromatic rings. The first kappa shape index (κ1) is 11.8. The number of hydrogen-bond donors (Lipinski definition) is 2. The number of halogens is 2. The van der Waals surface area contributed by atoms with Crippen LogP contribution in [0.25, 0.3) is 0 Å². The maximum atomic E-state index is 10.7. The second-order valence-electron chi connectivity index (χ2n) is 2.78. The summed E-state index contributed by atoms with van der Waals surface area (Å²) in [5.41, 5.74) is 0.0149. The molecule has 2 N–H and O–H groups in total. The highest BCUT2D eigenvalue weighted by atomic mass is 35.5. The standard InChI is InChI=1S/C9H6Cl2O4/c10-4-1-2-5(6(11)3-4)7(8(12)13)9(14)15/h1-3,7H,(H,12,13)(H,14,15). The van der Waals surface area contributed by atoms with Gasteiger partial charge in [-0.05, 0) is 17.7 Å². The van der Waals surface area contributed by atoms with E-state index in [0.29, 0.717) is 5.02 Å². The van der Waals surface area contributed by atoms with Crippen LogP contribution in [0.2, 0.25) is 10.0 Å². The van der Waals surface area contributed by atoms with E-state index < -0.39 is 17.9 Å². The van der Waals surface area contributed by atoms with Crippen molar-refractivity contribution in [3.05, 3.63) is 33.8 Å². The Kier molecular flexibility index (Phi) is 3.55. The summed E-state index contributed by atoms with van der Waals surface area (Å²) < 4.78 is 0. The summed E-state index contributed by atoms with van der Waals surface area (Å²) in [5, 5.41) is 17.8. The van der Waals surface area contributed by atoms with E-state index in [4.69, 9.17) is 33.4 Å². The van der Waals surface area contributed by atoms with Crippen LogP contribution in [-0.2, 0) is 9.59 Å². The fourth-order valence-corrected chi connectivity index (χ4v) is 1.62. The average molecular weight is 249 g/mol. The maximum absolute atomic E-state index is 10.7. The van der Waals surface area contributed by atoms with Crippen LogP contribution in [0.5, 0.6) is 0 Å². The quantitative estimate of drug-likeness (QED) is 0.805. The summed E-state index contributed by atoms with van der Waals surface area (Å²) in [6.07, 6.45) is 0. The summed E-state index contributed by atoms with van der Waals surface area (Å²) >= 11 is 11.3. The molecule has 80 valence electrons. The Morgan fingerprint density at radius 3 is 2.07 bits per heavy atom. The second-order valence-corrected chi connectivity index (χ2v) is 3.62. The van der Waals surface area contributed by atoms with Crippen LogP contribution in [0.3, 0.4) is 0 Å². The van der Waals surface area contributed by atoms with Crippen molar-refractivity contribution < 1.29 is 19.8 Å².